The molecule has 0 aromatic carbocycles. The highest BCUT2D eigenvalue weighted by Gasteiger charge is 2.31. The number of alkyl carbamates (subject to hydrolysis) is 1. The smallest absolute Gasteiger partial charge is 0.407 e. The first-order valence-electron chi connectivity index (χ1n) is 12.5. The molecule has 0 unspecified atom stereocenters. The van der Waals surface area contributed by atoms with Crippen molar-refractivity contribution in [2.75, 3.05) is 11.4 Å². The number of carbonyl (C=O) groups excluding carboxylic acids is 2. The summed E-state index contributed by atoms with van der Waals surface area (Å²) in [5.41, 5.74) is 3.18. The number of piperidine rings is 1. The van der Waals surface area contributed by atoms with Gasteiger partial charge in [-0.05, 0) is 58.7 Å². The minimum atomic E-state index is -0.603. The average molecular weight is 515 g/mol. The number of aryl methyl sites for hydroxylation is 2. The number of nitrogens with one attached hydrogen (secondary N) is 1. The molecule has 5 heterocycles. The van der Waals surface area contributed by atoms with Crippen molar-refractivity contribution in [3.05, 3.63) is 54.2 Å². The van der Waals surface area contributed by atoms with Crippen molar-refractivity contribution >= 4 is 28.7 Å². The van der Waals surface area contributed by atoms with Crippen LogP contribution in [0.25, 0.3) is 28.1 Å². The number of fused-ring (bicyclic) bond motifs is 1. The third kappa shape index (κ3) is 5.31. The van der Waals surface area contributed by atoms with Gasteiger partial charge in [0.25, 0.3) is 0 Å². The lowest BCUT2D eigenvalue weighted by molar-refractivity contribution is -0.119. The highest BCUT2D eigenvalue weighted by Crippen LogP contribution is 2.27. The third-order valence-electron chi connectivity index (χ3n) is 6.13. The van der Waals surface area contributed by atoms with Crippen LogP contribution in [0.3, 0.4) is 0 Å². The molecule has 0 radical (unpaired) electrons. The Bertz CT molecular complexity index is 1520. The van der Waals surface area contributed by atoms with Crippen molar-refractivity contribution < 1.29 is 14.3 Å². The zero-order valence-corrected chi connectivity index (χ0v) is 22.1. The van der Waals surface area contributed by atoms with Crippen molar-refractivity contribution in [1.82, 2.24) is 35.0 Å². The topological polar surface area (TPSA) is 128 Å². The van der Waals surface area contributed by atoms with E-state index in [0.717, 1.165) is 22.2 Å². The van der Waals surface area contributed by atoms with Crippen molar-refractivity contribution in [3.8, 4) is 17.2 Å². The second kappa shape index (κ2) is 9.81. The first kappa shape index (κ1) is 25.2. The number of nitrogens with zero attached hydrogens (tertiary/aromatic N) is 7. The molecule has 11 heteroatoms. The number of pyridine rings is 2. The van der Waals surface area contributed by atoms with Crippen LogP contribution >= 0.6 is 0 Å². The van der Waals surface area contributed by atoms with E-state index in [1.807, 2.05) is 52.8 Å². The SMILES string of the molecule is Cc1cncc(-c2cc3c(cn2)cnn3-c2ccc(C)c(N3C[C@@H](NC(=O)OC(C)(C)C)CCC3=O)n2)n1. The monoisotopic (exact) mass is 514 g/mol. The minimum absolute atomic E-state index is 0.0465. The fourth-order valence-corrected chi connectivity index (χ4v) is 4.37. The maximum absolute atomic E-state index is 12.9. The molecule has 0 saturated carbocycles. The van der Waals surface area contributed by atoms with Crippen LogP contribution in [-0.4, -0.2) is 59.9 Å². The number of anilines is 1. The Morgan fingerprint density at radius 1 is 1.08 bits per heavy atom. The number of ether oxygens (including phenoxy) is 1. The summed E-state index contributed by atoms with van der Waals surface area (Å²) < 4.78 is 7.11. The number of rotatable bonds is 4. The van der Waals surface area contributed by atoms with Crippen LogP contribution in [0.1, 0.15) is 44.9 Å². The van der Waals surface area contributed by atoms with Crippen LogP contribution in [0.2, 0.25) is 0 Å². The van der Waals surface area contributed by atoms with Crippen LogP contribution in [0.15, 0.2) is 43.0 Å². The predicted octanol–water partition coefficient (Wildman–Crippen LogP) is 3.91. The van der Waals surface area contributed by atoms with Crippen LogP contribution < -0.4 is 10.2 Å². The quantitative estimate of drug-likeness (QED) is 0.434. The number of hydrogen-bond acceptors (Lipinski definition) is 8. The summed E-state index contributed by atoms with van der Waals surface area (Å²) >= 11 is 0. The lowest BCUT2D eigenvalue weighted by Crippen LogP contribution is -2.51. The van der Waals surface area contributed by atoms with Gasteiger partial charge in [-0.3, -0.25) is 19.7 Å². The summed E-state index contributed by atoms with van der Waals surface area (Å²) in [6.07, 6.45) is 7.17. The van der Waals surface area contributed by atoms with Gasteiger partial charge in [-0.2, -0.15) is 5.10 Å². The Morgan fingerprint density at radius 2 is 1.89 bits per heavy atom. The molecule has 4 aromatic heterocycles. The fraction of sp³-hybridized carbons (Fsp3) is 0.370. The summed E-state index contributed by atoms with van der Waals surface area (Å²) in [7, 11) is 0. The van der Waals surface area contributed by atoms with Gasteiger partial charge in [0.2, 0.25) is 5.91 Å². The molecule has 11 nitrogen and oxygen atoms in total. The molecule has 1 aliphatic rings. The molecule has 2 amide bonds. The minimum Gasteiger partial charge on any atom is -0.444 e. The van der Waals surface area contributed by atoms with Gasteiger partial charge in [0.1, 0.15) is 17.1 Å². The Kier molecular flexibility index (Phi) is 6.52. The Balaban J connectivity index is 1.45. The average Bonchev–Trinajstić information content (AvgIpc) is 3.28. The standard InChI is InChI=1S/C27H30N8O3/c1-16-6-8-23(33-25(16)34-15-19(7-9-24(34)36)32-26(37)38-27(3,4)5)35-22-10-20(29-12-18(22)13-30-35)21-14-28-11-17(2)31-21/h6,8,10-14,19H,7,9,15H2,1-5H3,(H,32,37)/t19-/m0/s1. The second-order valence-electron chi connectivity index (χ2n) is 10.4. The van der Waals surface area contributed by atoms with Gasteiger partial charge in [0.05, 0.1) is 35.3 Å². The molecule has 0 aliphatic carbocycles. The Hall–Kier alpha value is -4.41. The van der Waals surface area contributed by atoms with Crippen molar-refractivity contribution in [2.24, 2.45) is 0 Å². The largest absolute Gasteiger partial charge is 0.444 e. The van der Waals surface area contributed by atoms with E-state index in [1.165, 1.54) is 0 Å². The lowest BCUT2D eigenvalue weighted by atomic mass is 10.0. The molecule has 0 spiro atoms. The highest BCUT2D eigenvalue weighted by atomic mass is 16.6. The van der Waals surface area contributed by atoms with E-state index >= 15 is 0 Å². The molecule has 196 valence electrons. The van der Waals surface area contributed by atoms with E-state index in [9.17, 15) is 9.59 Å². The Labute approximate surface area is 220 Å². The van der Waals surface area contributed by atoms with E-state index in [2.05, 4.69) is 25.4 Å². The summed E-state index contributed by atoms with van der Waals surface area (Å²) in [5.74, 6) is 1.04. The van der Waals surface area contributed by atoms with Crippen LogP contribution in [0, 0.1) is 13.8 Å². The van der Waals surface area contributed by atoms with Gasteiger partial charge < -0.3 is 10.1 Å². The molecule has 1 atom stereocenters. The van der Waals surface area contributed by atoms with Crippen molar-refractivity contribution in [2.45, 2.75) is 59.1 Å². The maximum atomic E-state index is 12.9. The zero-order chi connectivity index (χ0) is 27.0. The molecule has 4 aromatic rings. The van der Waals surface area contributed by atoms with E-state index < -0.39 is 11.7 Å². The van der Waals surface area contributed by atoms with Crippen LogP contribution in [0.4, 0.5) is 10.6 Å². The van der Waals surface area contributed by atoms with Gasteiger partial charge in [0.15, 0.2) is 5.82 Å². The fourth-order valence-electron chi connectivity index (χ4n) is 4.37. The first-order valence-corrected chi connectivity index (χ1v) is 12.5. The molecule has 38 heavy (non-hydrogen) atoms. The molecule has 5 rings (SSSR count). The predicted molar refractivity (Wildman–Crippen MR) is 142 cm³/mol. The van der Waals surface area contributed by atoms with E-state index in [4.69, 9.17) is 9.72 Å². The van der Waals surface area contributed by atoms with Crippen LogP contribution in [0.5, 0.6) is 0 Å². The van der Waals surface area contributed by atoms with Gasteiger partial charge in [0, 0.05) is 30.7 Å². The van der Waals surface area contributed by atoms with Gasteiger partial charge in [-0.1, -0.05) is 6.07 Å². The van der Waals surface area contributed by atoms with Gasteiger partial charge >= 0.3 is 6.09 Å². The number of hydrogen-bond donors (Lipinski definition) is 1. The number of carbonyl (C=O) groups is 2. The molecule has 1 aliphatic heterocycles. The maximum Gasteiger partial charge on any atom is 0.407 e. The molecule has 0 bridgehead atoms. The second-order valence-corrected chi connectivity index (χ2v) is 10.4. The highest BCUT2D eigenvalue weighted by molar-refractivity contribution is 5.94. The lowest BCUT2D eigenvalue weighted by Gasteiger charge is -2.33. The zero-order valence-electron chi connectivity index (χ0n) is 22.1. The third-order valence-corrected chi connectivity index (χ3v) is 6.13. The summed E-state index contributed by atoms with van der Waals surface area (Å²) in [6, 6.07) is 5.43. The van der Waals surface area contributed by atoms with Gasteiger partial charge in [-0.15, -0.1) is 0 Å². The number of amides is 2. The van der Waals surface area contributed by atoms with Gasteiger partial charge in [-0.25, -0.2) is 19.4 Å². The van der Waals surface area contributed by atoms with Crippen molar-refractivity contribution in [1.29, 1.82) is 0 Å². The van der Waals surface area contributed by atoms with E-state index in [-0.39, 0.29) is 11.9 Å². The molecular weight excluding hydrogens is 484 g/mol. The summed E-state index contributed by atoms with van der Waals surface area (Å²) in [6.45, 7) is 9.53. The Morgan fingerprint density at radius 3 is 2.66 bits per heavy atom. The molecule has 1 saturated heterocycles. The molecule has 1 N–H and O–H groups in total. The number of aromatic nitrogens is 6. The van der Waals surface area contributed by atoms with E-state index in [1.54, 1.807) is 34.4 Å². The molecular formula is C27H30N8O3. The first-order chi connectivity index (χ1) is 18.1. The molecule has 1 fully saturated rings. The normalized spacial score (nSPS) is 16.1. The summed E-state index contributed by atoms with van der Waals surface area (Å²) in [5, 5.41) is 8.27. The van der Waals surface area contributed by atoms with Crippen molar-refractivity contribution in [3.63, 3.8) is 0 Å². The summed E-state index contributed by atoms with van der Waals surface area (Å²) in [4.78, 5) is 45.0. The van der Waals surface area contributed by atoms with Crippen LogP contribution in [-0.2, 0) is 9.53 Å². The van der Waals surface area contributed by atoms with E-state index in [0.29, 0.717) is 42.4 Å².